The molecule has 96 valence electrons. The minimum Gasteiger partial charge on any atom is -0.361 e. The van der Waals surface area contributed by atoms with Gasteiger partial charge in [-0.3, -0.25) is 0 Å². The Hall–Kier alpha value is -2.09. The molecule has 3 rings (SSSR count). The van der Waals surface area contributed by atoms with Crippen molar-refractivity contribution in [3.63, 3.8) is 0 Å². The SMILES string of the molecule is CCc1ccc[n+](CCc2c[nH]c3ccccc23)c1. The van der Waals surface area contributed by atoms with Gasteiger partial charge in [-0.2, -0.15) is 0 Å². The van der Waals surface area contributed by atoms with Gasteiger partial charge in [0.05, 0.1) is 0 Å². The van der Waals surface area contributed by atoms with Crippen LogP contribution in [0.4, 0.5) is 0 Å². The summed E-state index contributed by atoms with van der Waals surface area (Å²) < 4.78 is 2.28. The van der Waals surface area contributed by atoms with E-state index in [0.29, 0.717) is 0 Å². The number of H-pyrrole nitrogens is 1. The Bertz CT molecular complexity index is 682. The lowest BCUT2D eigenvalue weighted by Gasteiger charge is -1.99. The number of aryl methyl sites for hydroxylation is 3. The van der Waals surface area contributed by atoms with Crippen molar-refractivity contribution < 1.29 is 4.57 Å². The molecule has 0 amide bonds. The molecular formula is C17H19N2+. The molecule has 0 unspecified atom stereocenters. The fraction of sp³-hybridized carbons (Fsp3) is 0.235. The van der Waals surface area contributed by atoms with Gasteiger partial charge in [0.15, 0.2) is 18.9 Å². The first kappa shape index (κ1) is 12.0. The highest BCUT2D eigenvalue weighted by Gasteiger charge is 2.06. The molecule has 0 saturated carbocycles. The number of nitrogens with one attached hydrogen (secondary N) is 1. The van der Waals surface area contributed by atoms with Gasteiger partial charge in [0.25, 0.3) is 0 Å². The number of aromatic nitrogens is 2. The molecule has 0 saturated heterocycles. The Morgan fingerprint density at radius 3 is 2.89 bits per heavy atom. The number of para-hydroxylation sites is 1. The molecule has 19 heavy (non-hydrogen) atoms. The van der Waals surface area contributed by atoms with Gasteiger partial charge in [0, 0.05) is 35.2 Å². The van der Waals surface area contributed by atoms with Crippen LogP contribution in [-0.4, -0.2) is 4.98 Å². The summed E-state index contributed by atoms with van der Waals surface area (Å²) in [6.45, 7) is 3.22. The third kappa shape index (κ3) is 2.53. The van der Waals surface area contributed by atoms with E-state index < -0.39 is 0 Å². The maximum absolute atomic E-state index is 3.34. The molecule has 0 aliphatic carbocycles. The molecule has 0 bridgehead atoms. The molecule has 0 spiro atoms. The molecule has 2 heterocycles. The van der Waals surface area contributed by atoms with Gasteiger partial charge in [0.2, 0.25) is 0 Å². The zero-order chi connectivity index (χ0) is 13.1. The quantitative estimate of drug-likeness (QED) is 0.687. The number of pyridine rings is 1. The lowest BCUT2D eigenvalue weighted by Crippen LogP contribution is -2.34. The molecule has 3 aromatic rings. The van der Waals surface area contributed by atoms with Crippen LogP contribution in [0.1, 0.15) is 18.1 Å². The Morgan fingerprint density at radius 1 is 1.11 bits per heavy atom. The smallest absolute Gasteiger partial charge is 0.171 e. The standard InChI is InChI=1S/C17H19N2/c1-2-14-6-5-10-19(13-14)11-9-15-12-18-17-8-4-3-7-16(15)17/h3-8,10,12-13,18H,2,9,11H2,1H3/q+1. The predicted octanol–water partition coefficient (Wildman–Crippen LogP) is 3.26. The number of aromatic amines is 1. The van der Waals surface area contributed by atoms with Crippen molar-refractivity contribution in [2.45, 2.75) is 26.3 Å². The molecule has 2 heteroatoms. The van der Waals surface area contributed by atoms with Crippen LogP contribution in [0.3, 0.4) is 0 Å². The van der Waals surface area contributed by atoms with Crippen LogP contribution in [0, 0.1) is 0 Å². The Morgan fingerprint density at radius 2 is 2.00 bits per heavy atom. The Labute approximate surface area is 113 Å². The van der Waals surface area contributed by atoms with Gasteiger partial charge in [-0.1, -0.05) is 25.1 Å². The summed E-state index contributed by atoms with van der Waals surface area (Å²) in [7, 11) is 0. The molecule has 0 atom stereocenters. The summed E-state index contributed by atoms with van der Waals surface area (Å²) >= 11 is 0. The van der Waals surface area contributed by atoms with E-state index in [1.165, 1.54) is 22.0 Å². The lowest BCUT2D eigenvalue weighted by atomic mass is 10.1. The maximum Gasteiger partial charge on any atom is 0.171 e. The summed E-state index contributed by atoms with van der Waals surface area (Å²) in [5.41, 5.74) is 4.01. The van der Waals surface area contributed by atoms with Crippen molar-refractivity contribution in [1.29, 1.82) is 0 Å². The number of nitrogens with zero attached hydrogens (tertiary/aromatic N) is 1. The number of rotatable bonds is 4. The van der Waals surface area contributed by atoms with Gasteiger partial charge in [-0.15, -0.1) is 0 Å². The highest BCUT2D eigenvalue weighted by molar-refractivity contribution is 5.82. The number of hydrogen-bond acceptors (Lipinski definition) is 0. The van der Waals surface area contributed by atoms with Crippen molar-refractivity contribution in [2.75, 3.05) is 0 Å². The highest BCUT2D eigenvalue weighted by Crippen LogP contribution is 2.17. The minimum absolute atomic E-state index is 1.02. The first-order chi connectivity index (χ1) is 9.36. The molecule has 0 aliphatic rings. The number of fused-ring (bicyclic) bond motifs is 1. The van der Waals surface area contributed by atoms with Crippen LogP contribution in [0.5, 0.6) is 0 Å². The van der Waals surface area contributed by atoms with Gasteiger partial charge in [-0.05, 0) is 24.1 Å². The van der Waals surface area contributed by atoms with Crippen molar-refractivity contribution in [2.24, 2.45) is 0 Å². The molecule has 0 aliphatic heterocycles. The average Bonchev–Trinajstić information content (AvgIpc) is 2.89. The monoisotopic (exact) mass is 251 g/mol. The second-order valence-electron chi connectivity index (χ2n) is 4.91. The van der Waals surface area contributed by atoms with Gasteiger partial charge >= 0.3 is 0 Å². The fourth-order valence-electron chi connectivity index (χ4n) is 2.51. The van der Waals surface area contributed by atoms with E-state index in [0.717, 1.165) is 19.4 Å². The van der Waals surface area contributed by atoms with Crippen LogP contribution >= 0.6 is 0 Å². The molecule has 1 aromatic carbocycles. The van der Waals surface area contributed by atoms with E-state index in [2.05, 4.69) is 71.5 Å². The van der Waals surface area contributed by atoms with Crippen LogP contribution in [0.25, 0.3) is 10.9 Å². The molecule has 2 nitrogen and oxygen atoms in total. The van der Waals surface area contributed by atoms with Crippen molar-refractivity contribution in [1.82, 2.24) is 4.98 Å². The minimum atomic E-state index is 1.02. The summed E-state index contributed by atoms with van der Waals surface area (Å²) in [6.07, 6.45) is 8.67. The molecule has 2 aromatic heterocycles. The van der Waals surface area contributed by atoms with E-state index in [1.807, 2.05) is 0 Å². The topological polar surface area (TPSA) is 19.7 Å². The third-order valence-electron chi connectivity index (χ3n) is 3.64. The molecule has 0 fully saturated rings. The van der Waals surface area contributed by atoms with Crippen molar-refractivity contribution in [3.8, 4) is 0 Å². The fourth-order valence-corrected chi connectivity index (χ4v) is 2.51. The van der Waals surface area contributed by atoms with E-state index in [-0.39, 0.29) is 0 Å². The highest BCUT2D eigenvalue weighted by atomic mass is 14.9. The predicted molar refractivity (Wildman–Crippen MR) is 78.0 cm³/mol. The Balaban J connectivity index is 1.78. The van der Waals surface area contributed by atoms with Gasteiger partial charge in [0.1, 0.15) is 0 Å². The third-order valence-corrected chi connectivity index (χ3v) is 3.64. The lowest BCUT2D eigenvalue weighted by molar-refractivity contribution is -0.696. The molecular weight excluding hydrogens is 232 g/mol. The summed E-state index contributed by atoms with van der Waals surface area (Å²) in [5, 5.41) is 1.34. The second-order valence-corrected chi connectivity index (χ2v) is 4.91. The van der Waals surface area contributed by atoms with E-state index in [1.54, 1.807) is 0 Å². The summed E-state index contributed by atoms with van der Waals surface area (Å²) in [6, 6.07) is 12.8. The zero-order valence-electron chi connectivity index (χ0n) is 11.3. The van der Waals surface area contributed by atoms with Crippen molar-refractivity contribution in [3.05, 3.63) is 66.1 Å². The van der Waals surface area contributed by atoms with E-state index in [4.69, 9.17) is 0 Å². The largest absolute Gasteiger partial charge is 0.361 e. The van der Waals surface area contributed by atoms with Crippen LogP contribution in [0.15, 0.2) is 55.0 Å². The van der Waals surface area contributed by atoms with E-state index in [9.17, 15) is 0 Å². The second kappa shape index (κ2) is 5.27. The van der Waals surface area contributed by atoms with E-state index >= 15 is 0 Å². The first-order valence-corrected chi connectivity index (χ1v) is 6.90. The maximum atomic E-state index is 3.34. The van der Waals surface area contributed by atoms with Crippen LogP contribution in [0.2, 0.25) is 0 Å². The van der Waals surface area contributed by atoms with Crippen LogP contribution in [-0.2, 0) is 19.4 Å². The average molecular weight is 251 g/mol. The van der Waals surface area contributed by atoms with Gasteiger partial charge in [-0.25, -0.2) is 4.57 Å². The summed E-state index contributed by atoms with van der Waals surface area (Å²) in [5.74, 6) is 0. The number of hydrogen-bond donors (Lipinski definition) is 1. The van der Waals surface area contributed by atoms with Crippen molar-refractivity contribution >= 4 is 10.9 Å². The molecule has 0 radical (unpaired) electrons. The Kier molecular flexibility index (Phi) is 3.32. The normalized spacial score (nSPS) is 11.0. The zero-order valence-corrected chi connectivity index (χ0v) is 11.3. The first-order valence-electron chi connectivity index (χ1n) is 6.90. The molecule has 1 N–H and O–H groups in total. The number of benzene rings is 1. The van der Waals surface area contributed by atoms with Crippen LogP contribution < -0.4 is 4.57 Å². The van der Waals surface area contributed by atoms with Gasteiger partial charge < -0.3 is 4.98 Å². The summed E-state index contributed by atoms with van der Waals surface area (Å²) in [4.78, 5) is 3.34.